The average Bonchev–Trinajstić information content (AvgIpc) is 3.10. The van der Waals surface area contributed by atoms with E-state index in [0.717, 1.165) is 20.0 Å². The first-order valence-electron chi connectivity index (χ1n) is 5.79. The standard InChI is InChI=1S/C14H9BrN2OS2/c15-9-3-1-4-10(7-9)16-13(18)11-8-20-14(17-11)12-5-2-6-19-12/h1-8H,(H,16,18). The quantitative estimate of drug-likeness (QED) is 0.718. The van der Waals surface area contributed by atoms with E-state index in [1.54, 1.807) is 16.7 Å². The Bertz CT molecular complexity index is 737. The molecule has 0 atom stereocenters. The van der Waals surface area contributed by atoms with Gasteiger partial charge in [0.15, 0.2) is 0 Å². The number of thiophene rings is 1. The van der Waals surface area contributed by atoms with Crippen molar-refractivity contribution < 1.29 is 4.79 Å². The number of thiazole rings is 1. The average molecular weight is 365 g/mol. The molecule has 6 heteroatoms. The molecule has 0 unspecified atom stereocenters. The first kappa shape index (κ1) is 13.5. The number of hydrogen-bond acceptors (Lipinski definition) is 4. The van der Waals surface area contributed by atoms with E-state index in [1.807, 2.05) is 41.8 Å². The van der Waals surface area contributed by atoms with Crippen LogP contribution in [0.3, 0.4) is 0 Å². The molecule has 3 nitrogen and oxygen atoms in total. The molecule has 20 heavy (non-hydrogen) atoms. The van der Waals surface area contributed by atoms with Crippen molar-refractivity contribution in [2.24, 2.45) is 0 Å². The second-order valence-electron chi connectivity index (χ2n) is 3.98. The molecule has 1 N–H and O–H groups in total. The van der Waals surface area contributed by atoms with Crippen molar-refractivity contribution in [1.82, 2.24) is 4.98 Å². The Morgan fingerprint density at radius 3 is 2.85 bits per heavy atom. The number of nitrogens with one attached hydrogen (secondary N) is 1. The zero-order chi connectivity index (χ0) is 13.9. The third kappa shape index (κ3) is 2.98. The fourth-order valence-corrected chi connectivity index (χ4v) is 3.67. The highest BCUT2D eigenvalue weighted by atomic mass is 79.9. The third-order valence-electron chi connectivity index (χ3n) is 2.55. The van der Waals surface area contributed by atoms with Gasteiger partial charge in [0.1, 0.15) is 10.7 Å². The van der Waals surface area contributed by atoms with Crippen molar-refractivity contribution in [1.29, 1.82) is 0 Å². The summed E-state index contributed by atoms with van der Waals surface area (Å²) in [6.45, 7) is 0. The van der Waals surface area contributed by atoms with Crippen LogP contribution in [0.15, 0.2) is 51.6 Å². The SMILES string of the molecule is O=C(Nc1cccc(Br)c1)c1csc(-c2cccs2)n1. The van der Waals surface area contributed by atoms with E-state index in [2.05, 4.69) is 26.2 Å². The molecular formula is C14H9BrN2OS2. The number of amides is 1. The van der Waals surface area contributed by atoms with Crippen LogP contribution in [0, 0.1) is 0 Å². The fraction of sp³-hybridized carbons (Fsp3) is 0. The number of aromatic nitrogens is 1. The second kappa shape index (κ2) is 5.87. The summed E-state index contributed by atoms with van der Waals surface area (Å²) in [5.74, 6) is -0.192. The topological polar surface area (TPSA) is 42.0 Å². The van der Waals surface area contributed by atoms with Gasteiger partial charge in [-0.15, -0.1) is 22.7 Å². The summed E-state index contributed by atoms with van der Waals surface area (Å²) in [5, 5.41) is 7.49. The number of halogens is 1. The summed E-state index contributed by atoms with van der Waals surface area (Å²) >= 11 is 6.47. The van der Waals surface area contributed by atoms with Crippen molar-refractivity contribution in [3.8, 4) is 9.88 Å². The van der Waals surface area contributed by atoms with Gasteiger partial charge in [-0.05, 0) is 29.6 Å². The van der Waals surface area contributed by atoms with Gasteiger partial charge in [-0.2, -0.15) is 0 Å². The van der Waals surface area contributed by atoms with Crippen LogP contribution in [0.1, 0.15) is 10.5 Å². The van der Waals surface area contributed by atoms with E-state index >= 15 is 0 Å². The molecule has 0 bridgehead atoms. The third-order valence-corrected chi connectivity index (χ3v) is 4.93. The van der Waals surface area contributed by atoms with Crippen molar-refractivity contribution in [3.05, 3.63) is 57.3 Å². The van der Waals surface area contributed by atoms with E-state index in [1.165, 1.54) is 11.3 Å². The maximum Gasteiger partial charge on any atom is 0.275 e. The first-order chi connectivity index (χ1) is 9.72. The molecule has 0 aliphatic heterocycles. The molecule has 0 radical (unpaired) electrons. The van der Waals surface area contributed by atoms with Crippen LogP contribution in [0.25, 0.3) is 9.88 Å². The molecule has 0 fully saturated rings. The van der Waals surface area contributed by atoms with Gasteiger partial charge >= 0.3 is 0 Å². The Morgan fingerprint density at radius 1 is 1.20 bits per heavy atom. The predicted octanol–water partition coefficient (Wildman–Crippen LogP) is 4.89. The molecule has 0 saturated heterocycles. The Hall–Kier alpha value is -1.50. The monoisotopic (exact) mass is 364 g/mol. The van der Waals surface area contributed by atoms with Crippen LogP contribution < -0.4 is 5.32 Å². The molecule has 1 amide bonds. The normalized spacial score (nSPS) is 10.4. The number of nitrogens with zero attached hydrogens (tertiary/aromatic N) is 1. The molecule has 2 aromatic heterocycles. The van der Waals surface area contributed by atoms with Crippen LogP contribution in [-0.4, -0.2) is 10.9 Å². The molecule has 100 valence electrons. The fourth-order valence-electron chi connectivity index (χ4n) is 1.65. The summed E-state index contributed by atoms with van der Waals surface area (Å²) in [6.07, 6.45) is 0. The predicted molar refractivity (Wildman–Crippen MR) is 87.5 cm³/mol. The zero-order valence-corrected chi connectivity index (χ0v) is 13.4. The summed E-state index contributed by atoms with van der Waals surface area (Å²) in [7, 11) is 0. The maximum absolute atomic E-state index is 12.1. The minimum atomic E-state index is -0.192. The van der Waals surface area contributed by atoms with Crippen LogP contribution in [0.5, 0.6) is 0 Å². The van der Waals surface area contributed by atoms with Gasteiger partial charge in [0, 0.05) is 15.5 Å². The van der Waals surface area contributed by atoms with Crippen molar-refractivity contribution in [2.45, 2.75) is 0 Å². The lowest BCUT2D eigenvalue weighted by atomic mass is 10.3. The van der Waals surface area contributed by atoms with Crippen LogP contribution >= 0.6 is 38.6 Å². The molecule has 2 heterocycles. The maximum atomic E-state index is 12.1. The van der Waals surface area contributed by atoms with E-state index in [4.69, 9.17) is 0 Å². The highest BCUT2D eigenvalue weighted by Crippen LogP contribution is 2.28. The number of carbonyl (C=O) groups is 1. The molecule has 3 rings (SSSR count). The minimum Gasteiger partial charge on any atom is -0.321 e. The summed E-state index contributed by atoms with van der Waals surface area (Å²) in [6, 6.07) is 11.5. The number of benzene rings is 1. The lowest BCUT2D eigenvalue weighted by molar-refractivity contribution is 0.102. The molecular weight excluding hydrogens is 356 g/mol. The van der Waals surface area contributed by atoms with Crippen LogP contribution in [0.4, 0.5) is 5.69 Å². The number of anilines is 1. The van der Waals surface area contributed by atoms with Crippen molar-refractivity contribution >= 4 is 50.2 Å². The van der Waals surface area contributed by atoms with Gasteiger partial charge in [-0.3, -0.25) is 4.79 Å². The lowest BCUT2D eigenvalue weighted by Gasteiger charge is -2.03. The van der Waals surface area contributed by atoms with E-state index in [-0.39, 0.29) is 5.91 Å². The smallest absolute Gasteiger partial charge is 0.275 e. The van der Waals surface area contributed by atoms with Gasteiger partial charge in [0.25, 0.3) is 5.91 Å². The van der Waals surface area contributed by atoms with Crippen LogP contribution in [0.2, 0.25) is 0 Å². The van der Waals surface area contributed by atoms with Crippen molar-refractivity contribution in [2.75, 3.05) is 5.32 Å². The molecule has 0 saturated carbocycles. The largest absolute Gasteiger partial charge is 0.321 e. The van der Waals surface area contributed by atoms with Crippen molar-refractivity contribution in [3.63, 3.8) is 0 Å². The first-order valence-corrected chi connectivity index (χ1v) is 8.34. The molecule has 0 aliphatic carbocycles. The Labute approximate surface area is 132 Å². The summed E-state index contributed by atoms with van der Waals surface area (Å²) in [4.78, 5) is 17.6. The van der Waals surface area contributed by atoms with Gasteiger partial charge in [-0.25, -0.2) is 4.98 Å². The zero-order valence-electron chi connectivity index (χ0n) is 10.2. The molecule has 3 aromatic rings. The molecule has 1 aromatic carbocycles. The second-order valence-corrected chi connectivity index (χ2v) is 6.70. The Balaban J connectivity index is 1.78. The molecule has 0 aliphatic rings. The van der Waals surface area contributed by atoms with Gasteiger partial charge < -0.3 is 5.32 Å². The number of carbonyl (C=O) groups excluding carboxylic acids is 1. The number of hydrogen-bond donors (Lipinski definition) is 1. The number of rotatable bonds is 3. The Kier molecular flexibility index (Phi) is 3.95. The summed E-state index contributed by atoms with van der Waals surface area (Å²) in [5.41, 5.74) is 1.19. The minimum absolute atomic E-state index is 0.192. The van der Waals surface area contributed by atoms with Gasteiger partial charge in [0.2, 0.25) is 0 Å². The van der Waals surface area contributed by atoms with E-state index in [9.17, 15) is 4.79 Å². The van der Waals surface area contributed by atoms with Gasteiger partial charge in [0.05, 0.1) is 4.88 Å². The van der Waals surface area contributed by atoms with Crippen LogP contribution in [-0.2, 0) is 0 Å². The van der Waals surface area contributed by atoms with E-state index in [0.29, 0.717) is 5.69 Å². The highest BCUT2D eigenvalue weighted by Gasteiger charge is 2.12. The summed E-state index contributed by atoms with van der Waals surface area (Å²) < 4.78 is 0.924. The lowest BCUT2D eigenvalue weighted by Crippen LogP contribution is -2.12. The van der Waals surface area contributed by atoms with E-state index < -0.39 is 0 Å². The van der Waals surface area contributed by atoms with Gasteiger partial charge in [-0.1, -0.05) is 28.1 Å². The molecule has 0 spiro atoms. The highest BCUT2D eigenvalue weighted by molar-refractivity contribution is 9.10. The Morgan fingerprint density at radius 2 is 2.10 bits per heavy atom.